The number of nitrogens with zero attached hydrogens (tertiary/aromatic N) is 1. The average molecular weight is 267 g/mol. The monoisotopic (exact) mass is 267 g/mol. The number of ether oxygens (including phenoxy) is 2. The predicted octanol–water partition coefficient (Wildman–Crippen LogP) is -0.566. The molecule has 0 aromatic rings. The number of aliphatic hydroxyl groups excluding tert-OH is 1. The third kappa shape index (κ3) is 4.89. The Morgan fingerprint density at radius 2 is 2.24 bits per heavy atom. The van der Waals surface area contributed by atoms with Gasteiger partial charge >= 0.3 is 0 Å². The van der Waals surface area contributed by atoms with Crippen molar-refractivity contribution in [3.05, 3.63) is 0 Å². The zero-order valence-electron chi connectivity index (χ0n) is 10.3. The van der Waals surface area contributed by atoms with E-state index in [1.165, 1.54) is 4.31 Å². The summed E-state index contributed by atoms with van der Waals surface area (Å²) in [7, 11) is -3.30. The second kappa shape index (κ2) is 6.65. The number of sulfonamides is 1. The highest BCUT2D eigenvalue weighted by molar-refractivity contribution is 7.89. The van der Waals surface area contributed by atoms with Crippen LogP contribution >= 0.6 is 0 Å². The van der Waals surface area contributed by atoms with Crippen molar-refractivity contribution < 1.29 is 23.0 Å². The highest BCUT2D eigenvalue weighted by atomic mass is 32.2. The van der Waals surface area contributed by atoms with Gasteiger partial charge in [-0.15, -0.1) is 0 Å². The molecule has 0 aromatic carbocycles. The van der Waals surface area contributed by atoms with E-state index in [1.54, 1.807) is 0 Å². The van der Waals surface area contributed by atoms with Gasteiger partial charge in [0, 0.05) is 13.1 Å². The first-order valence-electron chi connectivity index (χ1n) is 5.77. The van der Waals surface area contributed by atoms with E-state index in [9.17, 15) is 8.42 Å². The van der Waals surface area contributed by atoms with Crippen molar-refractivity contribution in [2.24, 2.45) is 0 Å². The summed E-state index contributed by atoms with van der Waals surface area (Å²) in [4.78, 5) is 0. The third-order valence-corrected chi connectivity index (χ3v) is 4.29. The minimum absolute atomic E-state index is 0.0245. The molecule has 1 atom stereocenters. The zero-order valence-corrected chi connectivity index (χ0v) is 11.1. The second-order valence-electron chi connectivity index (χ2n) is 4.27. The SMILES string of the molecule is CC(C)OCCS(=O)(=O)N1CCOC(CO)C1. The summed E-state index contributed by atoms with van der Waals surface area (Å²) >= 11 is 0. The standard InChI is InChI=1S/C10H21NO5S/c1-9(2)15-5-6-17(13,14)11-3-4-16-10(7-11)8-12/h9-10,12H,3-8H2,1-2H3. The maximum Gasteiger partial charge on any atom is 0.216 e. The van der Waals surface area contributed by atoms with Gasteiger partial charge in [0.15, 0.2) is 0 Å². The maximum atomic E-state index is 11.9. The lowest BCUT2D eigenvalue weighted by atomic mass is 10.3. The van der Waals surface area contributed by atoms with E-state index in [2.05, 4.69) is 0 Å². The number of hydrogen-bond acceptors (Lipinski definition) is 5. The molecule has 0 saturated carbocycles. The van der Waals surface area contributed by atoms with Crippen LogP contribution in [0.25, 0.3) is 0 Å². The molecule has 6 nitrogen and oxygen atoms in total. The Balaban J connectivity index is 2.46. The van der Waals surface area contributed by atoms with Crippen molar-refractivity contribution in [3.63, 3.8) is 0 Å². The lowest BCUT2D eigenvalue weighted by Gasteiger charge is -2.31. The fourth-order valence-corrected chi connectivity index (χ4v) is 2.88. The topological polar surface area (TPSA) is 76.1 Å². The molecule has 1 saturated heterocycles. The number of rotatable bonds is 6. The fourth-order valence-electron chi connectivity index (χ4n) is 1.57. The van der Waals surface area contributed by atoms with Crippen molar-refractivity contribution in [3.8, 4) is 0 Å². The van der Waals surface area contributed by atoms with Crippen LogP contribution in [0.3, 0.4) is 0 Å². The van der Waals surface area contributed by atoms with Crippen LogP contribution in [0.2, 0.25) is 0 Å². The molecular formula is C10H21NO5S. The van der Waals surface area contributed by atoms with Crippen LogP contribution in [-0.2, 0) is 19.5 Å². The molecule has 102 valence electrons. The largest absolute Gasteiger partial charge is 0.394 e. The Morgan fingerprint density at radius 1 is 1.53 bits per heavy atom. The molecule has 7 heteroatoms. The minimum atomic E-state index is -3.30. The first-order chi connectivity index (χ1) is 7.95. The highest BCUT2D eigenvalue weighted by Gasteiger charge is 2.28. The lowest BCUT2D eigenvalue weighted by Crippen LogP contribution is -2.48. The molecule has 1 aliphatic heterocycles. The van der Waals surface area contributed by atoms with Crippen molar-refractivity contribution in [2.45, 2.75) is 26.1 Å². The van der Waals surface area contributed by atoms with Crippen LogP contribution in [0.4, 0.5) is 0 Å². The third-order valence-electron chi connectivity index (χ3n) is 2.49. The predicted molar refractivity (Wildman–Crippen MR) is 63.3 cm³/mol. The van der Waals surface area contributed by atoms with Crippen molar-refractivity contribution >= 4 is 10.0 Å². The van der Waals surface area contributed by atoms with Crippen molar-refractivity contribution in [1.29, 1.82) is 0 Å². The molecule has 1 fully saturated rings. The molecule has 0 spiro atoms. The Kier molecular flexibility index (Phi) is 5.81. The Morgan fingerprint density at radius 3 is 2.82 bits per heavy atom. The number of hydrogen-bond donors (Lipinski definition) is 1. The summed E-state index contributed by atoms with van der Waals surface area (Å²) in [6.45, 7) is 4.67. The molecule has 1 unspecified atom stereocenters. The summed E-state index contributed by atoms with van der Waals surface area (Å²) in [5.41, 5.74) is 0. The average Bonchev–Trinajstić information content (AvgIpc) is 2.28. The first kappa shape index (κ1) is 14.8. The molecule has 0 amide bonds. The van der Waals surface area contributed by atoms with Crippen LogP contribution in [0.5, 0.6) is 0 Å². The second-order valence-corrected chi connectivity index (χ2v) is 6.36. The van der Waals surface area contributed by atoms with Crippen LogP contribution in [0.15, 0.2) is 0 Å². The molecule has 0 aromatic heterocycles. The highest BCUT2D eigenvalue weighted by Crippen LogP contribution is 2.10. The Hall–Kier alpha value is -0.210. The summed E-state index contributed by atoms with van der Waals surface area (Å²) < 4.78 is 35.7. The van der Waals surface area contributed by atoms with Gasteiger partial charge < -0.3 is 14.6 Å². The molecule has 17 heavy (non-hydrogen) atoms. The summed E-state index contributed by atoms with van der Waals surface area (Å²) in [5.74, 6) is -0.0245. The Labute approximate surface area is 103 Å². The van der Waals surface area contributed by atoms with Crippen molar-refractivity contribution in [1.82, 2.24) is 4.31 Å². The molecule has 1 N–H and O–H groups in total. The van der Waals surface area contributed by atoms with E-state index >= 15 is 0 Å². The van der Waals surface area contributed by atoms with E-state index in [-0.39, 0.29) is 31.6 Å². The lowest BCUT2D eigenvalue weighted by molar-refractivity contribution is -0.0306. The van der Waals surface area contributed by atoms with Crippen LogP contribution in [-0.4, -0.2) is 68.7 Å². The molecule has 0 aliphatic carbocycles. The normalized spacial score (nSPS) is 23.2. The summed E-state index contributed by atoms with van der Waals surface area (Å²) in [5, 5.41) is 8.95. The van der Waals surface area contributed by atoms with Gasteiger partial charge in [-0.25, -0.2) is 8.42 Å². The van der Waals surface area contributed by atoms with Gasteiger partial charge in [-0.3, -0.25) is 0 Å². The molecule has 0 radical (unpaired) electrons. The first-order valence-corrected chi connectivity index (χ1v) is 7.38. The van der Waals surface area contributed by atoms with Gasteiger partial charge in [0.25, 0.3) is 0 Å². The van der Waals surface area contributed by atoms with E-state index in [4.69, 9.17) is 14.6 Å². The van der Waals surface area contributed by atoms with Crippen molar-refractivity contribution in [2.75, 3.05) is 38.7 Å². The smallest absolute Gasteiger partial charge is 0.216 e. The van der Waals surface area contributed by atoms with E-state index in [0.717, 1.165) is 0 Å². The Bertz CT molecular complexity index is 317. The van der Waals surface area contributed by atoms with Crippen LogP contribution < -0.4 is 0 Å². The van der Waals surface area contributed by atoms with Gasteiger partial charge in [-0.1, -0.05) is 0 Å². The van der Waals surface area contributed by atoms with E-state index in [1.807, 2.05) is 13.8 Å². The summed E-state index contributed by atoms with van der Waals surface area (Å²) in [6, 6.07) is 0. The van der Waals surface area contributed by atoms with Gasteiger partial charge in [-0.05, 0) is 13.8 Å². The fraction of sp³-hybridized carbons (Fsp3) is 1.00. The van der Waals surface area contributed by atoms with Gasteiger partial charge in [0.2, 0.25) is 10.0 Å². The van der Waals surface area contributed by atoms with Crippen LogP contribution in [0.1, 0.15) is 13.8 Å². The molecule has 1 aliphatic rings. The molecular weight excluding hydrogens is 246 g/mol. The quantitative estimate of drug-likeness (QED) is 0.698. The zero-order chi connectivity index (χ0) is 12.9. The maximum absolute atomic E-state index is 11.9. The van der Waals surface area contributed by atoms with E-state index in [0.29, 0.717) is 13.2 Å². The van der Waals surface area contributed by atoms with E-state index < -0.39 is 16.1 Å². The summed E-state index contributed by atoms with van der Waals surface area (Å²) in [6.07, 6.45) is -0.385. The van der Waals surface area contributed by atoms with Gasteiger partial charge in [-0.2, -0.15) is 4.31 Å². The number of aliphatic hydroxyl groups is 1. The molecule has 0 bridgehead atoms. The van der Waals surface area contributed by atoms with Gasteiger partial charge in [0.05, 0.1) is 37.8 Å². The molecule has 1 heterocycles. The molecule has 1 rings (SSSR count). The van der Waals surface area contributed by atoms with Crippen LogP contribution in [0, 0.1) is 0 Å². The number of morpholine rings is 1. The van der Waals surface area contributed by atoms with Gasteiger partial charge in [0.1, 0.15) is 0 Å². The minimum Gasteiger partial charge on any atom is -0.394 e.